The van der Waals surface area contributed by atoms with Crippen LogP contribution in [0.1, 0.15) is 53.7 Å². The predicted octanol–water partition coefficient (Wildman–Crippen LogP) is 7.29. The van der Waals surface area contributed by atoms with Crippen LogP contribution in [0.3, 0.4) is 0 Å². The van der Waals surface area contributed by atoms with E-state index in [1.165, 1.54) is 24.4 Å². The summed E-state index contributed by atoms with van der Waals surface area (Å²) in [5.74, 6) is -0.715. The van der Waals surface area contributed by atoms with Gasteiger partial charge in [-0.1, -0.05) is 24.3 Å². The summed E-state index contributed by atoms with van der Waals surface area (Å²) in [4.78, 5) is 32.3. The summed E-state index contributed by atoms with van der Waals surface area (Å²) in [6, 6.07) is 16.3. The van der Waals surface area contributed by atoms with Gasteiger partial charge in [-0.15, -0.1) is 0 Å². The number of halogens is 4. The quantitative estimate of drug-likeness (QED) is 0.133. The van der Waals surface area contributed by atoms with Crippen molar-refractivity contribution in [1.82, 2.24) is 15.2 Å². The molecule has 5 rings (SSSR count). The summed E-state index contributed by atoms with van der Waals surface area (Å²) >= 11 is 0. The van der Waals surface area contributed by atoms with Crippen molar-refractivity contribution in [1.29, 1.82) is 0 Å². The Kier molecular flexibility index (Phi) is 12.1. The zero-order valence-electron chi connectivity index (χ0n) is 28.6. The first-order valence-electron chi connectivity index (χ1n) is 16.6. The lowest BCUT2D eigenvalue weighted by atomic mass is 10.0. The molecule has 51 heavy (non-hydrogen) atoms. The van der Waals surface area contributed by atoms with Crippen LogP contribution in [0.5, 0.6) is 17.4 Å². The van der Waals surface area contributed by atoms with E-state index in [0.717, 1.165) is 42.8 Å². The Morgan fingerprint density at radius 1 is 1.02 bits per heavy atom. The topological polar surface area (TPSA) is 102 Å². The normalized spacial score (nSPS) is 14.6. The zero-order valence-corrected chi connectivity index (χ0v) is 28.6. The summed E-state index contributed by atoms with van der Waals surface area (Å²) in [6.07, 6.45) is -1.61. The standard InChI is InChI=1S/C38H40F4N4O5/c1-4-50-34-21-36(51-23-25-7-11-31(49-3)12-8-25)44-22-32(34)26-9-10-27(33(39)18-26)19-35(47)45-30-17-28(16-29(20-30)38(40,41)42)37(48)43-13-15-46-14-5-6-24(46)2/h7-12,16-18,20-22,24H,4-6,13-15,19,23H2,1-3H3,(H,43,48)(H,45,47). The van der Waals surface area contributed by atoms with Crippen molar-refractivity contribution in [2.45, 2.75) is 51.9 Å². The van der Waals surface area contributed by atoms with Crippen molar-refractivity contribution in [3.05, 3.63) is 101 Å². The van der Waals surface area contributed by atoms with Crippen LogP contribution in [-0.2, 0) is 24.0 Å². The molecule has 1 aliphatic rings. The van der Waals surface area contributed by atoms with Crippen molar-refractivity contribution in [2.75, 3.05) is 38.7 Å². The number of likely N-dealkylation sites (tertiary alicyclic amines) is 1. The fraction of sp³-hybridized carbons (Fsp3) is 0.342. The molecule has 1 fully saturated rings. The fourth-order valence-corrected chi connectivity index (χ4v) is 5.84. The number of nitrogens with zero attached hydrogens (tertiary/aromatic N) is 2. The lowest BCUT2D eigenvalue weighted by Gasteiger charge is -2.21. The first-order chi connectivity index (χ1) is 24.4. The molecule has 1 unspecified atom stereocenters. The van der Waals surface area contributed by atoms with Gasteiger partial charge in [0.15, 0.2) is 0 Å². The zero-order chi connectivity index (χ0) is 36.5. The Morgan fingerprint density at radius 3 is 2.47 bits per heavy atom. The van der Waals surface area contributed by atoms with E-state index < -0.39 is 35.8 Å². The van der Waals surface area contributed by atoms with Crippen molar-refractivity contribution >= 4 is 17.5 Å². The van der Waals surface area contributed by atoms with Gasteiger partial charge in [-0.3, -0.25) is 14.5 Å². The maximum absolute atomic E-state index is 15.4. The summed E-state index contributed by atoms with van der Waals surface area (Å²) in [7, 11) is 1.59. The molecule has 2 heterocycles. The van der Waals surface area contributed by atoms with Gasteiger partial charge >= 0.3 is 6.18 Å². The number of hydrogen-bond donors (Lipinski definition) is 2. The molecular weight excluding hydrogens is 668 g/mol. The minimum absolute atomic E-state index is 0.0164. The molecule has 0 aliphatic carbocycles. The maximum Gasteiger partial charge on any atom is 0.416 e. The smallest absolute Gasteiger partial charge is 0.416 e. The van der Waals surface area contributed by atoms with Gasteiger partial charge in [-0.05, 0) is 86.3 Å². The van der Waals surface area contributed by atoms with Crippen LogP contribution in [0.4, 0.5) is 23.2 Å². The summed E-state index contributed by atoms with van der Waals surface area (Å²) in [5.41, 5.74) is 0.272. The van der Waals surface area contributed by atoms with E-state index in [1.807, 2.05) is 24.3 Å². The van der Waals surface area contributed by atoms with Gasteiger partial charge in [0.1, 0.15) is 23.9 Å². The first kappa shape index (κ1) is 37.1. The average Bonchev–Trinajstić information content (AvgIpc) is 3.52. The molecule has 1 saturated heterocycles. The molecule has 0 spiro atoms. The second-order valence-electron chi connectivity index (χ2n) is 12.2. The predicted molar refractivity (Wildman–Crippen MR) is 185 cm³/mol. The molecule has 1 aromatic heterocycles. The van der Waals surface area contributed by atoms with Crippen molar-refractivity contribution in [2.24, 2.45) is 0 Å². The van der Waals surface area contributed by atoms with Crippen LogP contribution in [0.15, 0.2) is 72.9 Å². The van der Waals surface area contributed by atoms with E-state index in [1.54, 1.807) is 26.2 Å². The minimum atomic E-state index is -4.77. The number of ether oxygens (including phenoxy) is 3. The third-order valence-corrected chi connectivity index (χ3v) is 8.58. The second kappa shape index (κ2) is 16.7. The summed E-state index contributed by atoms with van der Waals surface area (Å²) in [5, 5.41) is 5.06. The molecule has 2 amide bonds. The van der Waals surface area contributed by atoms with E-state index in [-0.39, 0.29) is 30.0 Å². The van der Waals surface area contributed by atoms with Gasteiger partial charge in [0, 0.05) is 48.2 Å². The molecule has 13 heteroatoms. The van der Waals surface area contributed by atoms with E-state index >= 15 is 4.39 Å². The molecule has 0 saturated carbocycles. The Hall–Kier alpha value is -5.17. The maximum atomic E-state index is 15.4. The van der Waals surface area contributed by atoms with Gasteiger partial charge in [0.2, 0.25) is 11.8 Å². The largest absolute Gasteiger partial charge is 0.497 e. The van der Waals surface area contributed by atoms with E-state index in [4.69, 9.17) is 14.2 Å². The first-order valence-corrected chi connectivity index (χ1v) is 16.6. The minimum Gasteiger partial charge on any atom is -0.497 e. The molecule has 270 valence electrons. The van der Waals surface area contributed by atoms with Gasteiger partial charge < -0.3 is 24.8 Å². The fourth-order valence-electron chi connectivity index (χ4n) is 5.84. The molecular formula is C38H40F4N4O5. The SMILES string of the molecule is CCOc1cc(OCc2ccc(OC)cc2)ncc1-c1ccc(CC(=O)Nc2cc(C(=O)NCCN3CCCC3C)cc(C(F)(F)F)c2)c(F)c1. The van der Waals surface area contributed by atoms with E-state index in [0.29, 0.717) is 41.9 Å². The number of methoxy groups -OCH3 is 1. The van der Waals surface area contributed by atoms with Crippen LogP contribution < -0.4 is 24.8 Å². The summed E-state index contributed by atoms with van der Waals surface area (Å²) in [6.45, 7) is 6.22. The number of aromatic nitrogens is 1. The van der Waals surface area contributed by atoms with Gasteiger partial charge in [0.05, 0.1) is 25.7 Å². The number of alkyl halides is 3. The van der Waals surface area contributed by atoms with Crippen LogP contribution >= 0.6 is 0 Å². The Bertz CT molecular complexity index is 1830. The number of carbonyl (C=O) groups is 2. The number of nitrogens with one attached hydrogen (secondary N) is 2. The number of rotatable bonds is 14. The lowest BCUT2D eigenvalue weighted by Crippen LogP contribution is -2.36. The van der Waals surface area contributed by atoms with Gasteiger partial charge in [0.25, 0.3) is 5.91 Å². The summed E-state index contributed by atoms with van der Waals surface area (Å²) < 4.78 is 73.3. The number of benzene rings is 3. The molecule has 9 nitrogen and oxygen atoms in total. The van der Waals surface area contributed by atoms with E-state index in [2.05, 4.69) is 27.4 Å². The molecule has 3 aromatic carbocycles. The molecule has 0 bridgehead atoms. The van der Waals surface area contributed by atoms with Crippen LogP contribution in [0, 0.1) is 5.82 Å². The van der Waals surface area contributed by atoms with Crippen LogP contribution in [0.25, 0.3) is 11.1 Å². The monoisotopic (exact) mass is 708 g/mol. The third-order valence-electron chi connectivity index (χ3n) is 8.58. The molecule has 1 atom stereocenters. The van der Waals surface area contributed by atoms with Crippen LogP contribution in [-0.4, -0.2) is 61.1 Å². The number of hydrogen-bond acceptors (Lipinski definition) is 7. The highest BCUT2D eigenvalue weighted by molar-refractivity contribution is 5.98. The Morgan fingerprint density at radius 2 is 1.80 bits per heavy atom. The Balaban J connectivity index is 1.25. The number of anilines is 1. The molecule has 0 radical (unpaired) electrons. The van der Waals surface area contributed by atoms with Crippen molar-refractivity contribution in [3.8, 4) is 28.5 Å². The van der Waals surface area contributed by atoms with Gasteiger partial charge in [-0.25, -0.2) is 9.37 Å². The van der Waals surface area contributed by atoms with Gasteiger partial charge in [-0.2, -0.15) is 13.2 Å². The van der Waals surface area contributed by atoms with Crippen LogP contribution in [0.2, 0.25) is 0 Å². The number of amides is 2. The highest BCUT2D eigenvalue weighted by atomic mass is 19.4. The average molecular weight is 709 g/mol. The molecule has 4 aromatic rings. The van der Waals surface area contributed by atoms with Crippen molar-refractivity contribution < 1.29 is 41.4 Å². The molecule has 2 N–H and O–H groups in total. The van der Waals surface area contributed by atoms with Crippen molar-refractivity contribution in [3.63, 3.8) is 0 Å². The third kappa shape index (κ3) is 9.97. The van der Waals surface area contributed by atoms with E-state index in [9.17, 15) is 22.8 Å². The second-order valence-corrected chi connectivity index (χ2v) is 12.2. The lowest BCUT2D eigenvalue weighted by molar-refractivity contribution is -0.137. The Labute approximate surface area is 293 Å². The number of carbonyl (C=O) groups excluding carboxylic acids is 2. The molecule has 1 aliphatic heterocycles. The number of pyridine rings is 1. The highest BCUT2D eigenvalue weighted by Gasteiger charge is 2.32. The highest BCUT2D eigenvalue weighted by Crippen LogP contribution is 2.34.